The Kier molecular flexibility index (Phi) is 3.31. The van der Waals surface area contributed by atoms with Gasteiger partial charge in [0.05, 0.1) is 0 Å². The Bertz CT molecular complexity index is 332. The second kappa shape index (κ2) is 4.56. The number of nitrogens with two attached hydrogens (primary N) is 1. The van der Waals surface area contributed by atoms with Gasteiger partial charge in [-0.25, -0.2) is 0 Å². The molecular weight excluding hydrogens is 196 g/mol. The first-order valence-electron chi connectivity index (χ1n) is 6.10. The summed E-state index contributed by atoms with van der Waals surface area (Å²) < 4.78 is 0. The van der Waals surface area contributed by atoms with Crippen molar-refractivity contribution >= 4 is 0 Å². The molecule has 2 N–H and O–H groups in total. The number of rotatable bonds is 2. The lowest BCUT2D eigenvalue weighted by Crippen LogP contribution is -2.52. The number of nitrogens with zero attached hydrogens (tertiary/aromatic N) is 1. The Morgan fingerprint density at radius 3 is 2.62 bits per heavy atom. The van der Waals surface area contributed by atoms with Gasteiger partial charge in [0.1, 0.15) is 0 Å². The zero-order valence-corrected chi connectivity index (χ0v) is 10.3. The maximum atomic E-state index is 6.21. The van der Waals surface area contributed by atoms with Crippen molar-refractivity contribution in [1.82, 2.24) is 4.90 Å². The summed E-state index contributed by atoms with van der Waals surface area (Å²) in [4.78, 5) is 2.46. The van der Waals surface area contributed by atoms with Crippen LogP contribution >= 0.6 is 0 Å². The number of hydrogen-bond donors (Lipinski definition) is 1. The largest absolute Gasteiger partial charge is 0.326 e. The topological polar surface area (TPSA) is 29.3 Å². The second-order valence-corrected chi connectivity index (χ2v) is 5.57. The van der Waals surface area contributed by atoms with Gasteiger partial charge >= 0.3 is 0 Å². The van der Waals surface area contributed by atoms with E-state index in [2.05, 4.69) is 49.1 Å². The highest BCUT2D eigenvalue weighted by atomic mass is 15.1. The molecule has 1 aromatic carbocycles. The normalized spacial score (nSPS) is 25.6. The van der Waals surface area contributed by atoms with Crippen LogP contribution in [0.2, 0.25) is 0 Å². The fraction of sp³-hybridized carbons (Fsp3) is 0.571. The summed E-state index contributed by atoms with van der Waals surface area (Å²) in [5.74, 6) is 0. The fourth-order valence-corrected chi connectivity index (χ4v) is 2.23. The first-order valence-corrected chi connectivity index (χ1v) is 6.10. The van der Waals surface area contributed by atoms with Crippen LogP contribution in [0.15, 0.2) is 30.3 Å². The predicted octanol–water partition coefficient (Wildman–Crippen LogP) is 2.25. The highest BCUT2D eigenvalue weighted by Gasteiger charge is 2.32. The van der Waals surface area contributed by atoms with Crippen LogP contribution in [-0.4, -0.2) is 24.0 Å². The monoisotopic (exact) mass is 218 g/mol. The van der Waals surface area contributed by atoms with Gasteiger partial charge in [-0.1, -0.05) is 44.2 Å². The Balaban J connectivity index is 1.94. The van der Waals surface area contributed by atoms with Crippen LogP contribution in [0.25, 0.3) is 0 Å². The Morgan fingerprint density at radius 1 is 1.31 bits per heavy atom. The van der Waals surface area contributed by atoms with Crippen LogP contribution in [0.5, 0.6) is 0 Å². The molecule has 0 aromatic heterocycles. The third kappa shape index (κ3) is 2.63. The average molecular weight is 218 g/mol. The van der Waals surface area contributed by atoms with Crippen molar-refractivity contribution in [2.24, 2.45) is 11.1 Å². The lowest BCUT2D eigenvalue weighted by molar-refractivity contribution is 0.101. The van der Waals surface area contributed by atoms with E-state index in [1.165, 1.54) is 12.0 Å². The van der Waals surface area contributed by atoms with Crippen molar-refractivity contribution in [3.05, 3.63) is 35.9 Å². The molecule has 2 nitrogen and oxygen atoms in total. The minimum absolute atomic E-state index is 0.296. The fourth-order valence-electron chi connectivity index (χ4n) is 2.23. The van der Waals surface area contributed by atoms with E-state index >= 15 is 0 Å². The molecule has 0 bridgehead atoms. The molecule has 1 atom stereocenters. The molecule has 88 valence electrons. The maximum absolute atomic E-state index is 6.21. The van der Waals surface area contributed by atoms with E-state index in [-0.39, 0.29) is 0 Å². The van der Waals surface area contributed by atoms with Crippen LogP contribution in [-0.2, 0) is 6.54 Å². The molecule has 0 aliphatic carbocycles. The number of piperidine rings is 1. The summed E-state index contributed by atoms with van der Waals surface area (Å²) in [5.41, 5.74) is 7.90. The average Bonchev–Trinajstić information content (AvgIpc) is 2.26. The summed E-state index contributed by atoms with van der Waals surface area (Å²) in [5, 5.41) is 0. The Morgan fingerprint density at radius 2 is 2.00 bits per heavy atom. The zero-order chi connectivity index (χ0) is 11.6. The van der Waals surface area contributed by atoms with E-state index in [0.29, 0.717) is 11.5 Å². The molecular formula is C14H22N2. The van der Waals surface area contributed by atoms with Crippen LogP contribution < -0.4 is 5.73 Å². The molecule has 0 amide bonds. The lowest BCUT2D eigenvalue weighted by atomic mass is 9.78. The first kappa shape index (κ1) is 11.6. The molecule has 0 saturated carbocycles. The van der Waals surface area contributed by atoms with Crippen molar-refractivity contribution in [3.8, 4) is 0 Å². The summed E-state index contributed by atoms with van der Waals surface area (Å²) in [6.45, 7) is 7.76. The quantitative estimate of drug-likeness (QED) is 0.825. The van der Waals surface area contributed by atoms with E-state index in [0.717, 1.165) is 19.6 Å². The van der Waals surface area contributed by atoms with E-state index in [1.54, 1.807) is 0 Å². The summed E-state index contributed by atoms with van der Waals surface area (Å²) in [6, 6.07) is 10.9. The van der Waals surface area contributed by atoms with Crippen molar-refractivity contribution in [2.45, 2.75) is 32.9 Å². The van der Waals surface area contributed by atoms with Crippen LogP contribution in [0.1, 0.15) is 25.8 Å². The van der Waals surface area contributed by atoms with Gasteiger partial charge in [-0.3, -0.25) is 4.90 Å². The minimum Gasteiger partial charge on any atom is -0.326 e. The van der Waals surface area contributed by atoms with Gasteiger partial charge in [0.25, 0.3) is 0 Å². The molecule has 0 spiro atoms. The lowest BCUT2D eigenvalue weighted by Gasteiger charge is -2.42. The van der Waals surface area contributed by atoms with Gasteiger partial charge in [0, 0.05) is 19.1 Å². The second-order valence-electron chi connectivity index (χ2n) is 5.57. The first-order chi connectivity index (χ1) is 7.58. The van der Waals surface area contributed by atoms with Gasteiger partial charge in [-0.2, -0.15) is 0 Å². The summed E-state index contributed by atoms with van der Waals surface area (Å²) in [6.07, 6.45) is 1.20. The van der Waals surface area contributed by atoms with Gasteiger partial charge in [-0.15, -0.1) is 0 Å². The van der Waals surface area contributed by atoms with E-state index in [1.807, 2.05) is 0 Å². The zero-order valence-electron chi connectivity index (χ0n) is 10.3. The third-order valence-electron chi connectivity index (χ3n) is 3.78. The molecule has 1 fully saturated rings. The Labute approximate surface area is 98.4 Å². The molecule has 16 heavy (non-hydrogen) atoms. The van der Waals surface area contributed by atoms with Crippen molar-refractivity contribution in [1.29, 1.82) is 0 Å². The van der Waals surface area contributed by atoms with Gasteiger partial charge in [0.2, 0.25) is 0 Å². The SMILES string of the molecule is CC1(C)CCN(Cc2ccccc2)C[C@H]1N. The predicted molar refractivity (Wildman–Crippen MR) is 68.1 cm³/mol. The molecule has 0 radical (unpaired) electrons. The molecule has 2 heteroatoms. The summed E-state index contributed by atoms with van der Waals surface area (Å²) in [7, 11) is 0. The van der Waals surface area contributed by atoms with E-state index < -0.39 is 0 Å². The molecule has 1 saturated heterocycles. The molecule has 1 aromatic rings. The summed E-state index contributed by atoms with van der Waals surface area (Å²) >= 11 is 0. The van der Waals surface area contributed by atoms with Gasteiger partial charge in [0.15, 0.2) is 0 Å². The van der Waals surface area contributed by atoms with E-state index in [9.17, 15) is 0 Å². The smallest absolute Gasteiger partial charge is 0.0234 e. The van der Waals surface area contributed by atoms with Crippen molar-refractivity contribution in [3.63, 3.8) is 0 Å². The molecule has 2 rings (SSSR count). The maximum Gasteiger partial charge on any atom is 0.0234 e. The third-order valence-corrected chi connectivity index (χ3v) is 3.78. The number of hydrogen-bond acceptors (Lipinski definition) is 2. The van der Waals surface area contributed by atoms with Crippen LogP contribution in [0.4, 0.5) is 0 Å². The molecule has 1 heterocycles. The standard InChI is InChI=1S/C14H22N2/c1-14(2)8-9-16(11-13(14)15)10-12-6-4-3-5-7-12/h3-7,13H,8-11,15H2,1-2H3/t13-/m1/s1. The highest BCUT2D eigenvalue weighted by molar-refractivity contribution is 5.14. The molecule has 1 aliphatic rings. The van der Waals surface area contributed by atoms with Crippen molar-refractivity contribution < 1.29 is 0 Å². The highest BCUT2D eigenvalue weighted by Crippen LogP contribution is 2.29. The van der Waals surface area contributed by atoms with Crippen LogP contribution in [0, 0.1) is 5.41 Å². The molecule has 1 aliphatic heterocycles. The van der Waals surface area contributed by atoms with Crippen molar-refractivity contribution in [2.75, 3.05) is 13.1 Å². The Hall–Kier alpha value is -0.860. The van der Waals surface area contributed by atoms with Gasteiger partial charge < -0.3 is 5.73 Å². The molecule has 0 unspecified atom stereocenters. The van der Waals surface area contributed by atoms with E-state index in [4.69, 9.17) is 5.73 Å². The van der Waals surface area contributed by atoms with Crippen LogP contribution in [0.3, 0.4) is 0 Å². The minimum atomic E-state index is 0.296. The number of likely N-dealkylation sites (tertiary alicyclic amines) is 1. The number of benzene rings is 1. The van der Waals surface area contributed by atoms with Gasteiger partial charge in [-0.05, 0) is 23.9 Å².